The molecule has 0 aliphatic carbocycles. The van der Waals surface area contributed by atoms with E-state index in [0.29, 0.717) is 5.69 Å². The highest BCUT2D eigenvalue weighted by atomic mass is 35.5. The zero-order chi connectivity index (χ0) is 13.1. The van der Waals surface area contributed by atoms with Gasteiger partial charge in [0.2, 0.25) is 11.1 Å². The van der Waals surface area contributed by atoms with Crippen LogP contribution in [0.1, 0.15) is 5.56 Å². The van der Waals surface area contributed by atoms with Crippen LogP contribution >= 0.6 is 11.6 Å². The molecule has 1 heterocycles. The van der Waals surface area contributed by atoms with Crippen LogP contribution in [0.2, 0.25) is 5.28 Å². The van der Waals surface area contributed by atoms with Gasteiger partial charge >= 0.3 is 5.69 Å². The molecule has 2 rings (SSSR count). The van der Waals surface area contributed by atoms with Gasteiger partial charge in [0, 0.05) is 5.69 Å². The second kappa shape index (κ2) is 4.97. The average molecular weight is 265 g/mol. The lowest BCUT2D eigenvalue weighted by Gasteiger charge is -2.06. The molecule has 6 nitrogen and oxygen atoms in total. The van der Waals surface area contributed by atoms with Crippen molar-refractivity contribution < 1.29 is 4.92 Å². The summed E-state index contributed by atoms with van der Waals surface area (Å²) in [5, 5.41) is 13.6. The monoisotopic (exact) mass is 264 g/mol. The Balaban J connectivity index is 2.39. The van der Waals surface area contributed by atoms with Crippen molar-refractivity contribution in [2.75, 3.05) is 5.32 Å². The summed E-state index contributed by atoms with van der Waals surface area (Å²) in [5.41, 5.74) is 1.51. The second-order valence-corrected chi connectivity index (χ2v) is 3.96. The van der Waals surface area contributed by atoms with Crippen LogP contribution in [-0.2, 0) is 0 Å². The van der Waals surface area contributed by atoms with E-state index in [-0.39, 0.29) is 16.8 Å². The summed E-state index contributed by atoms with van der Waals surface area (Å²) < 4.78 is 0. The quantitative estimate of drug-likeness (QED) is 0.523. The summed E-state index contributed by atoms with van der Waals surface area (Å²) in [6.07, 6.45) is 1.08. The van der Waals surface area contributed by atoms with Gasteiger partial charge in [-0.2, -0.15) is 4.98 Å². The minimum Gasteiger partial charge on any atom is -0.334 e. The Kier molecular flexibility index (Phi) is 3.38. The zero-order valence-corrected chi connectivity index (χ0v) is 10.2. The fourth-order valence-electron chi connectivity index (χ4n) is 1.44. The summed E-state index contributed by atoms with van der Waals surface area (Å²) in [6.45, 7) is 1.92. The fraction of sp³-hybridized carbons (Fsp3) is 0.0909. The molecule has 0 fully saturated rings. The topological polar surface area (TPSA) is 81.0 Å². The predicted octanol–water partition coefficient (Wildman–Crippen LogP) is 3.09. The highest BCUT2D eigenvalue weighted by molar-refractivity contribution is 6.28. The third kappa shape index (κ3) is 2.72. The van der Waals surface area contributed by atoms with Gasteiger partial charge < -0.3 is 5.32 Å². The molecule has 0 radical (unpaired) electrons. The third-order valence-electron chi connectivity index (χ3n) is 2.22. The van der Waals surface area contributed by atoms with Gasteiger partial charge in [0.25, 0.3) is 0 Å². The highest BCUT2D eigenvalue weighted by Gasteiger charge is 2.16. The van der Waals surface area contributed by atoms with Crippen LogP contribution < -0.4 is 5.32 Å². The second-order valence-electron chi connectivity index (χ2n) is 3.62. The molecule has 0 aliphatic heterocycles. The Morgan fingerprint density at radius 2 is 2.22 bits per heavy atom. The number of aryl methyl sites for hydroxylation is 1. The molecule has 18 heavy (non-hydrogen) atoms. The van der Waals surface area contributed by atoms with E-state index < -0.39 is 4.92 Å². The van der Waals surface area contributed by atoms with Crippen molar-refractivity contribution in [3.63, 3.8) is 0 Å². The smallest absolute Gasteiger partial charge is 0.329 e. The highest BCUT2D eigenvalue weighted by Crippen LogP contribution is 2.25. The molecular weight excluding hydrogens is 256 g/mol. The van der Waals surface area contributed by atoms with Crippen LogP contribution in [0.3, 0.4) is 0 Å². The molecule has 0 amide bonds. The molecule has 2 aromatic rings. The third-order valence-corrected chi connectivity index (χ3v) is 2.40. The minimum atomic E-state index is -0.561. The molecule has 1 aromatic heterocycles. The van der Waals surface area contributed by atoms with E-state index in [2.05, 4.69) is 15.3 Å². The molecule has 0 saturated heterocycles. The largest absolute Gasteiger partial charge is 0.334 e. The number of hydrogen-bond donors (Lipinski definition) is 1. The van der Waals surface area contributed by atoms with Crippen LogP contribution in [-0.4, -0.2) is 14.9 Å². The van der Waals surface area contributed by atoms with E-state index in [9.17, 15) is 10.1 Å². The Morgan fingerprint density at radius 3 is 2.89 bits per heavy atom. The van der Waals surface area contributed by atoms with Crippen LogP contribution in [0.25, 0.3) is 0 Å². The standard InChI is InChI=1S/C11H9ClN4O2/c1-7-3-2-4-8(5-7)14-10-9(16(17)18)6-13-11(12)15-10/h2-6H,1H3,(H,13,14,15). The van der Waals surface area contributed by atoms with Gasteiger partial charge in [-0.1, -0.05) is 12.1 Å². The van der Waals surface area contributed by atoms with Crippen LogP contribution in [0.4, 0.5) is 17.2 Å². The molecule has 0 spiro atoms. The number of rotatable bonds is 3. The predicted molar refractivity (Wildman–Crippen MR) is 68.2 cm³/mol. The van der Waals surface area contributed by atoms with E-state index in [1.165, 1.54) is 0 Å². The maximum Gasteiger partial charge on any atom is 0.329 e. The zero-order valence-electron chi connectivity index (χ0n) is 9.42. The lowest BCUT2D eigenvalue weighted by molar-refractivity contribution is -0.384. The minimum absolute atomic E-state index is 0.0456. The average Bonchev–Trinajstić information content (AvgIpc) is 2.28. The van der Waals surface area contributed by atoms with E-state index in [1.807, 2.05) is 25.1 Å². The molecule has 0 bridgehead atoms. The van der Waals surface area contributed by atoms with Crippen LogP contribution in [0, 0.1) is 17.0 Å². The SMILES string of the molecule is Cc1cccc(Nc2nc(Cl)ncc2[N+](=O)[O-])c1. The molecular formula is C11H9ClN4O2. The number of benzene rings is 1. The van der Waals surface area contributed by atoms with Crippen molar-refractivity contribution in [3.8, 4) is 0 Å². The molecule has 1 N–H and O–H groups in total. The number of hydrogen-bond acceptors (Lipinski definition) is 5. The maximum absolute atomic E-state index is 10.8. The maximum atomic E-state index is 10.8. The fourth-order valence-corrected chi connectivity index (χ4v) is 1.57. The van der Waals surface area contributed by atoms with Crippen molar-refractivity contribution in [1.29, 1.82) is 0 Å². The number of nitrogens with one attached hydrogen (secondary N) is 1. The van der Waals surface area contributed by atoms with Gasteiger partial charge in [-0.05, 0) is 36.2 Å². The first-order valence-electron chi connectivity index (χ1n) is 5.07. The Hall–Kier alpha value is -2.21. The normalized spacial score (nSPS) is 10.1. The van der Waals surface area contributed by atoms with Crippen LogP contribution in [0.15, 0.2) is 30.5 Å². The Labute approximate surface area is 108 Å². The first kappa shape index (κ1) is 12.3. The molecule has 0 unspecified atom stereocenters. The van der Waals surface area contributed by atoms with Gasteiger partial charge in [-0.15, -0.1) is 0 Å². The van der Waals surface area contributed by atoms with Gasteiger partial charge in [0.15, 0.2) is 0 Å². The van der Waals surface area contributed by atoms with Crippen molar-refractivity contribution in [2.45, 2.75) is 6.92 Å². The van der Waals surface area contributed by atoms with Crippen molar-refractivity contribution >= 4 is 28.8 Å². The van der Waals surface area contributed by atoms with Gasteiger partial charge in [0.1, 0.15) is 6.20 Å². The summed E-state index contributed by atoms with van der Waals surface area (Å²) in [5.74, 6) is 0.0746. The molecule has 92 valence electrons. The Bertz CT molecular complexity index is 603. The summed E-state index contributed by atoms with van der Waals surface area (Å²) >= 11 is 5.63. The van der Waals surface area contributed by atoms with Gasteiger partial charge in [-0.25, -0.2) is 4.98 Å². The van der Waals surface area contributed by atoms with E-state index in [1.54, 1.807) is 6.07 Å². The summed E-state index contributed by atoms with van der Waals surface area (Å²) in [4.78, 5) is 17.7. The molecule has 7 heteroatoms. The number of nitrogens with zero attached hydrogens (tertiary/aromatic N) is 3. The molecule has 0 aliphatic rings. The van der Waals surface area contributed by atoms with E-state index in [0.717, 1.165) is 11.8 Å². The lowest BCUT2D eigenvalue weighted by Crippen LogP contribution is -2.01. The van der Waals surface area contributed by atoms with E-state index in [4.69, 9.17) is 11.6 Å². The number of anilines is 2. The molecule has 0 atom stereocenters. The lowest BCUT2D eigenvalue weighted by atomic mass is 10.2. The van der Waals surface area contributed by atoms with Gasteiger partial charge in [0.05, 0.1) is 4.92 Å². The van der Waals surface area contributed by atoms with Crippen LogP contribution in [0.5, 0.6) is 0 Å². The number of aromatic nitrogens is 2. The molecule has 0 saturated carbocycles. The summed E-state index contributed by atoms with van der Waals surface area (Å²) in [6, 6.07) is 7.39. The Morgan fingerprint density at radius 1 is 1.44 bits per heavy atom. The molecule has 1 aromatic carbocycles. The first-order chi connectivity index (χ1) is 8.56. The van der Waals surface area contributed by atoms with E-state index >= 15 is 0 Å². The van der Waals surface area contributed by atoms with Crippen molar-refractivity contribution in [2.24, 2.45) is 0 Å². The van der Waals surface area contributed by atoms with Crippen molar-refractivity contribution in [3.05, 3.63) is 51.4 Å². The summed E-state index contributed by atoms with van der Waals surface area (Å²) in [7, 11) is 0. The first-order valence-corrected chi connectivity index (χ1v) is 5.44. The number of halogens is 1. The van der Waals surface area contributed by atoms with Gasteiger partial charge in [-0.3, -0.25) is 10.1 Å². The number of nitro groups is 1. The van der Waals surface area contributed by atoms with Crippen molar-refractivity contribution in [1.82, 2.24) is 9.97 Å².